The van der Waals surface area contributed by atoms with E-state index in [0.29, 0.717) is 18.3 Å². The SMILES string of the molecule is O=[N+]([O-])C1=CCCC(B(O)O)=C1. The standard InChI is InChI=1S/C6H8BNO4/c9-7(10)5-2-1-3-6(4-5)8(11)12/h3-4,9-10H,1-2H2. The number of rotatable bonds is 2. The summed E-state index contributed by atoms with van der Waals surface area (Å²) in [6.07, 6.45) is 3.62. The summed E-state index contributed by atoms with van der Waals surface area (Å²) in [7, 11) is -1.58. The van der Waals surface area contributed by atoms with Crippen LogP contribution in [0.25, 0.3) is 0 Å². The number of nitrogens with zero attached hydrogens (tertiary/aromatic N) is 1. The van der Waals surface area contributed by atoms with E-state index in [9.17, 15) is 10.1 Å². The van der Waals surface area contributed by atoms with Crippen LogP contribution in [-0.2, 0) is 0 Å². The molecule has 0 amide bonds. The van der Waals surface area contributed by atoms with Crippen molar-refractivity contribution in [1.82, 2.24) is 0 Å². The van der Waals surface area contributed by atoms with E-state index in [2.05, 4.69) is 0 Å². The van der Waals surface area contributed by atoms with Crippen LogP contribution in [0.1, 0.15) is 12.8 Å². The zero-order valence-electron chi connectivity index (χ0n) is 6.30. The predicted molar refractivity (Wildman–Crippen MR) is 42.6 cm³/mol. The molecule has 0 saturated carbocycles. The van der Waals surface area contributed by atoms with Crippen LogP contribution in [0.5, 0.6) is 0 Å². The van der Waals surface area contributed by atoms with Gasteiger partial charge in [0.2, 0.25) is 0 Å². The Hall–Kier alpha value is -1.14. The molecule has 6 heteroatoms. The van der Waals surface area contributed by atoms with Crippen LogP contribution in [0.15, 0.2) is 23.3 Å². The highest BCUT2D eigenvalue weighted by atomic mass is 16.6. The van der Waals surface area contributed by atoms with Gasteiger partial charge in [-0.1, -0.05) is 0 Å². The van der Waals surface area contributed by atoms with E-state index in [1.165, 1.54) is 12.2 Å². The van der Waals surface area contributed by atoms with Crippen LogP contribution in [0.3, 0.4) is 0 Å². The topological polar surface area (TPSA) is 83.6 Å². The molecule has 0 spiro atoms. The molecule has 0 radical (unpaired) electrons. The van der Waals surface area contributed by atoms with Crippen LogP contribution >= 0.6 is 0 Å². The predicted octanol–water partition coefficient (Wildman–Crippen LogP) is -0.121. The third-order valence-electron chi connectivity index (χ3n) is 1.66. The Morgan fingerprint density at radius 3 is 2.75 bits per heavy atom. The zero-order chi connectivity index (χ0) is 9.14. The molecular formula is C6H8BNO4. The lowest BCUT2D eigenvalue weighted by Gasteiger charge is -2.07. The van der Waals surface area contributed by atoms with Crippen LogP contribution in [-0.4, -0.2) is 22.1 Å². The van der Waals surface area contributed by atoms with E-state index in [4.69, 9.17) is 10.0 Å². The first-order valence-corrected chi connectivity index (χ1v) is 3.52. The second-order valence-corrected chi connectivity index (χ2v) is 2.52. The lowest BCUT2D eigenvalue weighted by Crippen LogP contribution is -2.18. The molecule has 0 saturated heterocycles. The molecule has 2 N–H and O–H groups in total. The summed E-state index contributed by atoms with van der Waals surface area (Å²) in [5.41, 5.74) is 0.230. The lowest BCUT2D eigenvalue weighted by atomic mass is 9.74. The largest absolute Gasteiger partial charge is 0.484 e. The Kier molecular flexibility index (Phi) is 2.62. The van der Waals surface area contributed by atoms with Gasteiger partial charge in [-0.15, -0.1) is 0 Å². The summed E-state index contributed by atoms with van der Waals surface area (Å²) in [6, 6.07) is 0. The van der Waals surface area contributed by atoms with Gasteiger partial charge in [0.1, 0.15) is 0 Å². The van der Waals surface area contributed by atoms with Crippen molar-refractivity contribution in [2.45, 2.75) is 12.8 Å². The van der Waals surface area contributed by atoms with E-state index in [-0.39, 0.29) is 5.70 Å². The molecule has 0 fully saturated rings. The number of allylic oxidation sites excluding steroid dienone is 3. The minimum Gasteiger partial charge on any atom is -0.423 e. The normalized spacial score (nSPS) is 16.5. The minimum atomic E-state index is -1.58. The molecule has 0 aromatic carbocycles. The fourth-order valence-electron chi connectivity index (χ4n) is 1.04. The van der Waals surface area contributed by atoms with Crippen molar-refractivity contribution in [2.75, 3.05) is 0 Å². The third kappa shape index (κ3) is 1.93. The van der Waals surface area contributed by atoms with Gasteiger partial charge in [-0.05, 0) is 24.4 Å². The highest BCUT2D eigenvalue weighted by molar-refractivity contribution is 6.50. The maximum absolute atomic E-state index is 10.3. The molecule has 1 rings (SSSR count). The van der Waals surface area contributed by atoms with Gasteiger partial charge in [-0.25, -0.2) is 0 Å². The Labute approximate surface area is 69.3 Å². The van der Waals surface area contributed by atoms with Gasteiger partial charge in [-0.3, -0.25) is 10.1 Å². The van der Waals surface area contributed by atoms with Crippen LogP contribution < -0.4 is 0 Å². The molecule has 0 heterocycles. The van der Waals surface area contributed by atoms with Crippen LogP contribution in [0.2, 0.25) is 0 Å². The fourth-order valence-corrected chi connectivity index (χ4v) is 1.04. The first kappa shape index (κ1) is 8.96. The van der Waals surface area contributed by atoms with Gasteiger partial charge in [0.05, 0.1) is 4.92 Å². The maximum Gasteiger partial charge on any atom is 0.484 e. The maximum atomic E-state index is 10.3. The Balaban J connectivity index is 2.81. The molecule has 1 aliphatic rings. The smallest absolute Gasteiger partial charge is 0.423 e. The van der Waals surface area contributed by atoms with Gasteiger partial charge >= 0.3 is 7.12 Å². The molecule has 64 valence electrons. The van der Waals surface area contributed by atoms with Crippen molar-refractivity contribution in [3.05, 3.63) is 33.4 Å². The molecule has 1 aliphatic carbocycles. The summed E-state index contributed by atoms with van der Waals surface area (Å²) in [5, 5.41) is 27.7. The fraction of sp³-hybridized carbons (Fsp3) is 0.333. The second-order valence-electron chi connectivity index (χ2n) is 2.52. The Bertz CT molecular complexity index is 258. The van der Waals surface area contributed by atoms with Crippen molar-refractivity contribution in [3.63, 3.8) is 0 Å². The molecule has 0 aliphatic heterocycles. The molecule has 0 atom stereocenters. The first-order valence-electron chi connectivity index (χ1n) is 3.52. The van der Waals surface area contributed by atoms with E-state index < -0.39 is 12.0 Å². The molecule has 0 aromatic heterocycles. The molecule has 0 bridgehead atoms. The molecular weight excluding hydrogens is 161 g/mol. The average Bonchev–Trinajstić information content (AvgIpc) is 2.04. The zero-order valence-corrected chi connectivity index (χ0v) is 6.30. The average molecular weight is 169 g/mol. The quantitative estimate of drug-likeness (QED) is 0.342. The van der Waals surface area contributed by atoms with E-state index >= 15 is 0 Å². The van der Waals surface area contributed by atoms with Crippen molar-refractivity contribution in [2.24, 2.45) is 0 Å². The number of hydrogen-bond acceptors (Lipinski definition) is 4. The number of nitro groups is 1. The van der Waals surface area contributed by atoms with Crippen molar-refractivity contribution in [3.8, 4) is 0 Å². The van der Waals surface area contributed by atoms with Gasteiger partial charge in [0.25, 0.3) is 5.70 Å². The third-order valence-corrected chi connectivity index (χ3v) is 1.66. The van der Waals surface area contributed by atoms with Crippen LogP contribution in [0.4, 0.5) is 0 Å². The highest BCUT2D eigenvalue weighted by Crippen LogP contribution is 2.17. The van der Waals surface area contributed by atoms with Crippen molar-refractivity contribution >= 4 is 7.12 Å². The van der Waals surface area contributed by atoms with E-state index in [1.54, 1.807) is 0 Å². The first-order chi connectivity index (χ1) is 5.61. The summed E-state index contributed by atoms with van der Waals surface area (Å²) in [4.78, 5) is 9.71. The van der Waals surface area contributed by atoms with Gasteiger partial charge < -0.3 is 10.0 Å². The van der Waals surface area contributed by atoms with Gasteiger partial charge in [0, 0.05) is 6.08 Å². The summed E-state index contributed by atoms with van der Waals surface area (Å²) >= 11 is 0. The second kappa shape index (κ2) is 3.51. The van der Waals surface area contributed by atoms with Crippen molar-refractivity contribution < 1.29 is 15.0 Å². The van der Waals surface area contributed by atoms with E-state index in [0.717, 1.165) is 0 Å². The highest BCUT2D eigenvalue weighted by Gasteiger charge is 2.21. The van der Waals surface area contributed by atoms with Crippen LogP contribution in [0, 0.1) is 10.1 Å². The molecule has 5 nitrogen and oxygen atoms in total. The Morgan fingerprint density at radius 2 is 2.25 bits per heavy atom. The molecule has 0 aromatic rings. The summed E-state index contributed by atoms with van der Waals surface area (Å²) in [6.45, 7) is 0. The van der Waals surface area contributed by atoms with Gasteiger partial charge in [-0.2, -0.15) is 0 Å². The monoisotopic (exact) mass is 169 g/mol. The molecule has 0 unspecified atom stereocenters. The summed E-state index contributed by atoms with van der Waals surface area (Å²) in [5.74, 6) is 0. The van der Waals surface area contributed by atoms with E-state index in [1.807, 2.05) is 0 Å². The minimum absolute atomic E-state index is 0.0654. The number of hydrogen-bond donors (Lipinski definition) is 2. The van der Waals surface area contributed by atoms with Crippen molar-refractivity contribution in [1.29, 1.82) is 0 Å². The molecule has 12 heavy (non-hydrogen) atoms. The van der Waals surface area contributed by atoms with Gasteiger partial charge in [0.15, 0.2) is 0 Å². The Morgan fingerprint density at radius 1 is 1.58 bits per heavy atom. The summed E-state index contributed by atoms with van der Waals surface area (Å²) < 4.78 is 0. The lowest BCUT2D eigenvalue weighted by molar-refractivity contribution is -0.419.